The van der Waals surface area contributed by atoms with E-state index in [1.165, 1.54) is 6.21 Å². The molecule has 0 saturated carbocycles. The summed E-state index contributed by atoms with van der Waals surface area (Å²) in [5, 5.41) is 17.8. The molecule has 26 nitrogen and oxygen atoms in total. The lowest BCUT2D eigenvalue weighted by Crippen LogP contribution is -2.55. The zero-order valence-corrected chi connectivity index (χ0v) is 45.3. The van der Waals surface area contributed by atoms with Gasteiger partial charge in [-0.2, -0.15) is 15.1 Å². The van der Waals surface area contributed by atoms with Crippen molar-refractivity contribution in [2.24, 2.45) is 15.9 Å². The van der Waals surface area contributed by atoms with E-state index in [-0.39, 0.29) is 99.8 Å². The van der Waals surface area contributed by atoms with Gasteiger partial charge in [0.15, 0.2) is 28.3 Å². The highest BCUT2D eigenvalue weighted by Crippen LogP contribution is 2.44. The van der Waals surface area contributed by atoms with Crippen molar-refractivity contribution in [1.29, 1.82) is 5.41 Å². The van der Waals surface area contributed by atoms with E-state index in [2.05, 4.69) is 30.7 Å². The number of hydrazone groups is 1. The Morgan fingerprint density at radius 2 is 1.52 bits per heavy atom. The average molecular weight is 1160 g/mol. The molecule has 1 aromatic carbocycles. The van der Waals surface area contributed by atoms with Crippen LogP contribution in [0.25, 0.3) is 0 Å². The molecule has 32 heteroatoms. The largest absolute Gasteiger partial charge is 0.423 e. The van der Waals surface area contributed by atoms with Gasteiger partial charge in [0.1, 0.15) is 35.4 Å². The Hall–Kier alpha value is -3.97. The normalized spacial score (nSPS) is 17.1. The van der Waals surface area contributed by atoms with E-state index >= 15 is 0 Å². The van der Waals surface area contributed by atoms with E-state index in [1.807, 2.05) is 0 Å². The first-order valence-electron chi connectivity index (χ1n) is 24.3. The monoisotopic (exact) mass is 1160 g/mol. The number of nitrogens with zero attached hydrogens (tertiary/aromatic N) is 5. The van der Waals surface area contributed by atoms with Crippen molar-refractivity contribution in [2.75, 3.05) is 168 Å². The highest BCUT2D eigenvalue weighted by atomic mass is 35.5. The zero-order valence-electron chi connectivity index (χ0n) is 42.8. The van der Waals surface area contributed by atoms with Crippen LogP contribution in [0.2, 0.25) is 5.28 Å². The quantitative estimate of drug-likeness (QED) is 0.00734. The molecular weight excluding hydrogens is 1090 g/mol. The lowest BCUT2D eigenvalue weighted by molar-refractivity contribution is -0.136. The van der Waals surface area contributed by atoms with Crippen LogP contribution in [0.1, 0.15) is 24.8 Å². The fourth-order valence-electron chi connectivity index (χ4n) is 6.62. The minimum absolute atomic E-state index is 0.0580. The van der Waals surface area contributed by atoms with E-state index in [0.29, 0.717) is 130 Å². The third kappa shape index (κ3) is 29.2. The zero-order chi connectivity index (χ0) is 55.9. The number of benzene rings is 1. The van der Waals surface area contributed by atoms with Gasteiger partial charge in [-0.05, 0) is 36.6 Å². The van der Waals surface area contributed by atoms with Gasteiger partial charge in [0.05, 0.1) is 163 Å². The summed E-state index contributed by atoms with van der Waals surface area (Å²) in [6.45, 7) is 6.05. The molecule has 2 aliphatic rings. The molecule has 2 saturated heterocycles. The Kier molecular flexibility index (Phi) is 36.7. The van der Waals surface area contributed by atoms with Crippen molar-refractivity contribution < 1.29 is 94.1 Å². The molecule has 77 heavy (non-hydrogen) atoms. The molecule has 1 aromatic heterocycles. The van der Waals surface area contributed by atoms with Crippen LogP contribution in [-0.2, 0) is 61.5 Å². The molecule has 1 amide bonds. The second-order valence-corrected chi connectivity index (χ2v) is 18.9. The predicted octanol–water partition coefficient (Wildman–Crippen LogP) is 2.32. The van der Waals surface area contributed by atoms with Gasteiger partial charge in [-0.25, -0.2) is 8.78 Å². The Labute approximate surface area is 452 Å². The lowest BCUT2D eigenvalue weighted by atomic mass is 10.1. The van der Waals surface area contributed by atoms with Crippen molar-refractivity contribution in [3.8, 4) is 5.75 Å². The molecule has 3 heterocycles. The molecule has 2 fully saturated rings. The molecule has 0 spiro atoms. The molecule has 436 valence electrons. The maximum absolute atomic E-state index is 13.6. The number of amides is 1. The first kappa shape index (κ1) is 67.3. The SMILES string of the molecule is CF.N=Cc1c(NC2CCC(COP(O)CP(O)O)O2)nc(Cl)nc1N1CCOCC1C(=O)NCCOCCOCCOCCOC/C(C=NCCOCCOCCOCCOCCC(=O)Oc1ccc(F)cc1F)=N/N. The topological polar surface area (TPSA) is 333 Å². The van der Waals surface area contributed by atoms with E-state index in [1.54, 1.807) is 4.90 Å². The van der Waals surface area contributed by atoms with Gasteiger partial charge in [-0.1, -0.05) is 0 Å². The minimum Gasteiger partial charge on any atom is -0.423 e. The molecular formula is C45H71ClF3N9O17P2. The van der Waals surface area contributed by atoms with Crippen LogP contribution in [0.4, 0.5) is 24.8 Å². The summed E-state index contributed by atoms with van der Waals surface area (Å²) in [5.41, 5.74) is 0.746. The number of morpholine rings is 1. The van der Waals surface area contributed by atoms with Gasteiger partial charge < -0.3 is 98.1 Å². The van der Waals surface area contributed by atoms with Crippen LogP contribution < -0.4 is 26.1 Å². The first-order valence-corrected chi connectivity index (χ1v) is 27.5. The summed E-state index contributed by atoms with van der Waals surface area (Å²) in [7, 11) is -3.75. The standard InChI is InChI=1S/C44H68ClF2N9O17P2.CH3F/c45-44-53-41(52-39-4-2-34(72-39)29-71-75(61)31-74(59)60)35(26-48)42(54-44)56-8-12-69-30-37(56)43(58)51-7-11-64-15-18-67-21-22-68-23-24-70-28-33(55-49)27-50-6-10-63-14-17-66-20-19-65-16-13-62-9-5-40(57)73-38-3-1-32(46)25-36(38)47;1-2/h1,3,25-27,34,37,39,48,59-61H,2,4-24,28-31,49H2,(H,51,58)(H,52,53,54);1H3/b48-26?,50-27?,55-33+;. The van der Waals surface area contributed by atoms with E-state index in [9.17, 15) is 27.7 Å². The summed E-state index contributed by atoms with van der Waals surface area (Å²) in [6, 6.07) is 1.89. The van der Waals surface area contributed by atoms with Crippen LogP contribution in [0, 0.1) is 17.0 Å². The molecule has 8 N–H and O–H groups in total. The van der Waals surface area contributed by atoms with Crippen LogP contribution in [0.15, 0.2) is 28.3 Å². The third-order valence-corrected chi connectivity index (χ3v) is 12.8. The second-order valence-electron chi connectivity index (χ2n) is 15.7. The molecule has 0 bridgehead atoms. The van der Waals surface area contributed by atoms with Gasteiger partial charge in [0.25, 0.3) is 0 Å². The number of rotatable bonds is 41. The molecule has 4 unspecified atom stereocenters. The molecule has 0 aliphatic carbocycles. The maximum Gasteiger partial charge on any atom is 0.313 e. The Bertz CT molecular complexity index is 2040. The summed E-state index contributed by atoms with van der Waals surface area (Å²) >= 11 is 6.35. The van der Waals surface area contributed by atoms with Crippen LogP contribution >= 0.6 is 28.4 Å². The number of ether oxygens (including phenoxy) is 11. The van der Waals surface area contributed by atoms with Crippen molar-refractivity contribution in [3.05, 3.63) is 40.7 Å². The number of esters is 1. The van der Waals surface area contributed by atoms with Gasteiger partial charge in [0.2, 0.25) is 11.2 Å². The number of aromatic nitrogens is 2. The van der Waals surface area contributed by atoms with Gasteiger partial charge in [-0.3, -0.25) is 19.0 Å². The number of nitrogens with one attached hydrogen (secondary N) is 3. The summed E-state index contributed by atoms with van der Waals surface area (Å²) in [6.07, 6.45) is 2.75. The number of halogens is 4. The Morgan fingerprint density at radius 1 is 0.896 bits per heavy atom. The van der Waals surface area contributed by atoms with Crippen molar-refractivity contribution in [1.82, 2.24) is 15.3 Å². The fraction of sp³-hybridized carbons (Fsp3) is 0.667. The average Bonchev–Trinajstić information content (AvgIpc) is 3.88. The lowest BCUT2D eigenvalue weighted by Gasteiger charge is -2.36. The van der Waals surface area contributed by atoms with E-state index in [0.717, 1.165) is 18.3 Å². The highest BCUT2D eigenvalue weighted by Gasteiger charge is 2.34. The van der Waals surface area contributed by atoms with Gasteiger partial charge in [0, 0.05) is 31.6 Å². The maximum atomic E-state index is 13.6. The number of aliphatic imine (C=N–C) groups is 1. The van der Waals surface area contributed by atoms with Gasteiger partial charge >= 0.3 is 5.97 Å². The smallest absolute Gasteiger partial charge is 0.313 e. The van der Waals surface area contributed by atoms with Gasteiger partial charge in [-0.15, -0.1) is 0 Å². The number of carbonyl (C=O) groups is 2. The van der Waals surface area contributed by atoms with E-state index in [4.69, 9.17) is 89.3 Å². The summed E-state index contributed by atoms with van der Waals surface area (Å²) in [4.78, 5) is 67.8. The van der Waals surface area contributed by atoms with Crippen molar-refractivity contribution in [2.45, 2.75) is 37.6 Å². The molecule has 2 aliphatic heterocycles. The fourth-order valence-corrected chi connectivity index (χ4v) is 8.31. The minimum atomic E-state index is -2.27. The van der Waals surface area contributed by atoms with Crippen LogP contribution in [-0.4, -0.2) is 231 Å². The molecule has 4 rings (SSSR count). The van der Waals surface area contributed by atoms with Crippen molar-refractivity contribution in [3.63, 3.8) is 0 Å². The Morgan fingerprint density at radius 3 is 2.14 bits per heavy atom. The number of nitrogens with two attached hydrogens (primary N) is 1. The Balaban J connectivity index is 0.00000771. The van der Waals surface area contributed by atoms with Crippen molar-refractivity contribution >= 4 is 70.0 Å². The third-order valence-electron chi connectivity index (χ3n) is 10.2. The van der Waals surface area contributed by atoms with Crippen LogP contribution in [0.3, 0.4) is 0 Å². The molecule has 4 atom stereocenters. The number of carbonyl (C=O) groups excluding carboxylic acids is 2. The second kappa shape index (κ2) is 42.0. The predicted molar refractivity (Wildman–Crippen MR) is 278 cm³/mol. The summed E-state index contributed by atoms with van der Waals surface area (Å²) < 4.78 is 102. The highest BCUT2D eigenvalue weighted by molar-refractivity contribution is 7.63. The van der Waals surface area contributed by atoms with Crippen LogP contribution in [0.5, 0.6) is 5.75 Å². The number of anilines is 2. The molecule has 2 aromatic rings. The molecule has 0 radical (unpaired) electrons. The number of alkyl halides is 1. The summed E-state index contributed by atoms with van der Waals surface area (Å²) in [5.74, 6) is 2.64. The number of hydrogen-bond donors (Lipinski definition) is 7. The van der Waals surface area contributed by atoms with E-state index < -0.39 is 46.6 Å². The first-order chi connectivity index (χ1) is 37.5. The number of hydrogen-bond acceptors (Lipinski definition) is 25.